The second-order valence-electron chi connectivity index (χ2n) is 7.31. The van der Waals surface area contributed by atoms with Crippen molar-refractivity contribution in [1.29, 1.82) is 0 Å². The number of piperidine rings is 1. The first-order chi connectivity index (χ1) is 14.2. The third-order valence-corrected chi connectivity index (χ3v) is 5.49. The maximum absolute atomic E-state index is 12.7. The number of amides is 2. The summed E-state index contributed by atoms with van der Waals surface area (Å²) in [5, 5.41) is 3.60. The third-order valence-electron chi connectivity index (χ3n) is 5.24. The Labute approximate surface area is 178 Å². The number of hydrogen-bond acceptors (Lipinski definition) is 2. The van der Waals surface area contributed by atoms with E-state index in [0.29, 0.717) is 43.9 Å². The first kappa shape index (κ1) is 22.2. The highest BCUT2D eigenvalue weighted by atomic mass is 35.5. The normalized spacial score (nSPS) is 15.1. The van der Waals surface area contributed by atoms with E-state index in [9.17, 15) is 22.8 Å². The number of nitrogens with one attached hydrogen (secondary N) is 1. The minimum absolute atomic E-state index is 0.0365. The quantitative estimate of drug-likeness (QED) is 0.743. The molecular formula is C22H22ClF3N2O2. The average molecular weight is 439 g/mol. The van der Waals surface area contributed by atoms with Crippen molar-refractivity contribution < 1.29 is 22.8 Å². The summed E-state index contributed by atoms with van der Waals surface area (Å²) >= 11 is 5.85. The predicted octanol–water partition coefficient (Wildman–Crippen LogP) is 4.57. The zero-order valence-electron chi connectivity index (χ0n) is 16.2. The van der Waals surface area contributed by atoms with E-state index in [-0.39, 0.29) is 23.3 Å². The molecule has 0 radical (unpaired) electrons. The van der Waals surface area contributed by atoms with Gasteiger partial charge in [0.15, 0.2) is 0 Å². The van der Waals surface area contributed by atoms with Gasteiger partial charge in [0.05, 0.1) is 5.56 Å². The maximum atomic E-state index is 12.7. The van der Waals surface area contributed by atoms with E-state index < -0.39 is 11.7 Å². The van der Waals surface area contributed by atoms with E-state index in [1.165, 1.54) is 12.1 Å². The van der Waals surface area contributed by atoms with E-state index in [2.05, 4.69) is 5.32 Å². The van der Waals surface area contributed by atoms with Gasteiger partial charge in [0.2, 0.25) is 5.91 Å². The topological polar surface area (TPSA) is 49.4 Å². The third kappa shape index (κ3) is 5.75. The van der Waals surface area contributed by atoms with E-state index in [1.807, 2.05) is 24.3 Å². The molecule has 1 aliphatic rings. The molecular weight excluding hydrogens is 417 g/mol. The fourth-order valence-corrected chi connectivity index (χ4v) is 3.58. The monoisotopic (exact) mass is 438 g/mol. The molecule has 0 atom stereocenters. The van der Waals surface area contributed by atoms with Crippen molar-refractivity contribution in [1.82, 2.24) is 10.2 Å². The Balaban J connectivity index is 1.45. The number of alkyl halides is 3. The van der Waals surface area contributed by atoms with Gasteiger partial charge >= 0.3 is 6.18 Å². The number of halogens is 4. The van der Waals surface area contributed by atoms with Crippen LogP contribution in [-0.4, -0.2) is 36.3 Å². The summed E-state index contributed by atoms with van der Waals surface area (Å²) in [6.07, 6.45) is -2.67. The Hall–Kier alpha value is -2.54. The van der Waals surface area contributed by atoms with Crippen molar-refractivity contribution in [2.45, 2.75) is 25.4 Å². The fraction of sp³-hybridized carbons (Fsp3) is 0.364. The Bertz CT molecular complexity index is 875. The van der Waals surface area contributed by atoms with Crippen LogP contribution in [0.5, 0.6) is 0 Å². The predicted molar refractivity (Wildman–Crippen MR) is 108 cm³/mol. The minimum atomic E-state index is -4.43. The molecule has 1 aliphatic heterocycles. The second-order valence-corrected chi connectivity index (χ2v) is 7.75. The summed E-state index contributed by atoms with van der Waals surface area (Å²) < 4.78 is 38.0. The molecule has 3 rings (SSSR count). The van der Waals surface area contributed by atoms with E-state index in [4.69, 9.17) is 11.6 Å². The summed E-state index contributed by atoms with van der Waals surface area (Å²) in [6, 6.07) is 11.7. The van der Waals surface area contributed by atoms with Gasteiger partial charge in [-0.05, 0) is 61.2 Å². The number of likely N-dealkylation sites (tertiary alicyclic amines) is 1. The standard InChI is InChI=1S/C22H22ClF3N2O2/c23-19-7-1-15(2-8-19)9-12-27-20(29)16-10-13-28(14-11-16)21(30)17-3-5-18(6-4-17)22(24,25)26/h1-8,16H,9-14H2,(H,27,29). The number of benzene rings is 2. The van der Waals surface area contributed by atoms with Gasteiger partial charge < -0.3 is 10.2 Å². The lowest BCUT2D eigenvalue weighted by atomic mass is 9.95. The largest absolute Gasteiger partial charge is 0.416 e. The summed E-state index contributed by atoms with van der Waals surface area (Å²) in [6.45, 7) is 1.31. The van der Waals surface area contributed by atoms with Crippen molar-refractivity contribution in [2.24, 2.45) is 5.92 Å². The summed E-state index contributed by atoms with van der Waals surface area (Å²) in [5.41, 5.74) is 0.513. The molecule has 0 saturated carbocycles. The van der Waals surface area contributed by atoms with E-state index in [1.54, 1.807) is 4.90 Å². The van der Waals surface area contributed by atoms with Gasteiger partial charge in [-0.3, -0.25) is 9.59 Å². The van der Waals surface area contributed by atoms with Crippen molar-refractivity contribution in [3.05, 3.63) is 70.2 Å². The van der Waals surface area contributed by atoms with Crippen LogP contribution < -0.4 is 5.32 Å². The Kier molecular flexibility index (Phi) is 7.02. The minimum Gasteiger partial charge on any atom is -0.356 e. The molecule has 1 fully saturated rings. The molecule has 8 heteroatoms. The van der Waals surface area contributed by atoms with E-state index in [0.717, 1.165) is 17.7 Å². The second kappa shape index (κ2) is 9.51. The van der Waals surface area contributed by atoms with Gasteiger partial charge in [-0.1, -0.05) is 23.7 Å². The van der Waals surface area contributed by atoms with Crippen molar-refractivity contribution in [3.8, 4) is 0 Å². The van der Waals surface area contributed by atoms with Gasteiger partial charge in [0.25, 0.3) is 5.91 Å². The molecule has 2 amide bonds. The molecule has 1 heterocycles. The van der Waals surface area contributed by atoms with Crippen LogP contribution in [0.2, 0.25) is 5.02 Å². The maximum Gasteiger partial charge on any atom is 0.416 e. The van der Waals surface area contributed by atoms with Crippen molar-refractivity contribution in [3.63, 3.8) is 0 Å². The Morgan fingerprint density at radius 1 is 1.00 bits per heavy atom. The molecule has 0 unspecified atom stereocenters. The smallest absolute Gasteiger partial charge is 0.356 e. The zero-order valence-corrected chi connectivity index (χ0v) is 17.0. The lowest BCUT2D eigenvalue weighted by molar-refractivity contribution is -0.137. The molecule has 2 aromatic carbocycles. The molecule has 2 aromatic rings. The number of carbonyl (C=O) groups is 2. The summed E-state index contributed by atoms with van der Waals surface area (Å²) in [7, 11) is 0. The van der Waals surface area contributed by atoms with Crippen LogP contribution >= 0.6 is 11.6 Å². The van der Waals surface area contributed by atoms with Gasteiger partial charge in [-0.2, -0.15) is 13.2 Å². The van der Waals surface area contributed by atoms with Crippen LogP contribution in [0.4, 0.5) is 13.2 Å². The first-order valence-corrected chi connectivity index (χ1v) is 10.1. The molecule has 30 heavy (non-hydrogen) atoms. The van der Waals surface area contributed by atoms with Crippen LogP contribution in [0.15, 0.2) is 48.5 Å². The molecule has 160 valence electrons. The lowest BCUT2D eigenvalue weighted by Gasteiger charge is -2.31. The van der Waals surface area contributed by atoms with Crippen LogP contribution in [0.25, 0.3) is 0 Å². The van der Waals surface area contributed by atoms with Gasteiger partial charge in [0.1, 0.15) is 0 Å². The van der Waals surface area contributed by atoms with E-state index >= 15 is 0 Å². The molecule has 0 aliphatic carbocycles. The zero-order chi connectivity index (χ0) is 21.7. The molecule has 0 aromatic heterocycles. The summed E-state index contributed by atoms with van der Waals surface area (Å²) in [5.74, 6) is -0.525. The molecule has 1 N–H and O–H groups in total. The first-order valence-electron chi connectivity index (χ1n) is 9.73. The van der Waals surface area contributed by atoms with Crippen molar-refractivity contribution >= 4 is 23.4 Å². The van der Waals surface area contributed by atoms with Crippen LogP contribution in [0, 0.1) is 5.92 Å². The molecule has 1 saturated heterocycles. The molecule has 0 spiro atoms. The SMILES string of the molecule is O=C(NCCc1ccc(Cl)cc1)C1CCN(C(=O)c2ccc(C(F)(F)F)cc2)CC1. The highest BCUT2D eigenvalue weighted by Crippen LogP contribution is 2.29. The molecule has 0 bridgehead atoms. The Morgan fingerprint density at radius 2 is 1.60 bits per heavy atom. The highest BCUT2D eigenvalue weighted by Gasteiger charge is 2.31. The van der Waals surface area contributed by atoms with Crippen LogP contribution in [0.1, 0.15) is 34.3 Å². The number of nitrogens with zero attached hydrogens (tertiary/aromatic N) is 1. The van der Waals surface area contributed by atoms with Crippen LogP contribution in [-0.2, 0) is 17.4 Å². The lowest BCUT2D eigenvalue weighted by Crippen LogP contribution is -2.43. The van der Waals surface area contributed by atoms with Crippen LogP contribution in [0.3, 0.4) is 0 Å². The summed E-state index contributed by atoms with van der Waals surface area (Å²) in [4.78, 5) is 26.5. The van der Waals surface area contributed by atoms with Gasteiger partial charge in [-0.25, -0.2) is 0 Å². The molecule has 4 nitrogen and oxygen atoms in total. The van der Waals surface area contributed by atoms with Crippen molar-refractivity contribution in [2.75, 3.05) is 19.6 Å². The highest BCUT2D eigenvalue weighted by molar-refractivity contribution is 6.30. The Morgan fingerprint density at radius 3 is 2.17 bits per heavy atom. The van der Waals surface area contributed by atoms with Gasteiger partial charge in [-0.15, -0.1) is 0 Å². The number of carbonyl (C=O) groups excluding carboxylic acids is 2. The average Bonchev–Trinajstić information content (AvgIpc) is 2.74. The fourth-order valence-electron chi connectivity index (χ4n) is 3.45. The number of hydrogen-bond donors (Lipinski definition) is 1. The number of rotatable bonds is 5. The van der Waals surface area contributed by atoms with Gasteiger partial charge in [0, 0.05) is 36.1 Å².